The predicted molar refractivity (Wildman–Crippen MR) is 106 cm³/mol. The maximum absolute atomic E-state index is 11.8. The van der Waals surface area contributed by atoms with Crippen LogP contribution in [0.4, 0.5) is 22.1 Å². The first-order valence-electron chi connectivity index (χ1n) is 9.37. The van der Waals surface area contributed by atoms with Gasteiger partial charge in [0.05, 0.1) is 11.5 Å². The fourth-order valence-electron chi connectivity index (χ4n) is 2.99. The van der Waals surface area contributed by atoms with Crippen molar-refractivity contribution in [2.45, 2.75) is 25.8 Å². The Morgan fingerprint density at radius 3 is 2.57 bits per heavy atom. The molecule has 0 spiro atoms. The molecule has 0 radical (unpaired) electrons. The lowest BCUT2D eigenvalue weighted by Gasteiger charge is -2.31. The van der Waals surface area contributed by atoms with E-state index < -0.39 is 4.92 Å². The largest absolute Gasteiger partial charge is 0.450 e. The van der Waals surface area contributed by atoms with Gasteiger partial charge in [-0.1, -0.05) is 0 Å². The third-order valence-corrected chi connectivity index (χ3v) is 4.59. The first-order valence-corrected chi connectivity index (χ1v) is 9.37. The zero-order valence-electron chi connectivity index (χ0n) is 16.9. The molecule has 2 rings (SSSR count). The molecule has 0 aromatic carbocycles. The second-order valence-electron chi connectivity index (χ2n) is 6.98. The van der Waals surface area contributed by atoms with Crippen LogP contribution in [0.3, 0.4) is 0 Å². The molecule has 1 saturated heterocycles. The van der Waals surface area contributed by atoms with E-state index in [0.717, 1.165) is 6.54 Å². The minimum absolute atomic E-state index is 0.0146. The highest BCUT2D eigenvalue weighted by atomic mass is 16.6. The van der Waals surface area contributed by atoms with Crippen molar-refractivity contribution in [3.05, 3.63) is 16.4 Å². The van der Waals surface area contributed by atoms with E-state index in [2.05, 4.69) is 15.3 Å². The number of hydrogen-bond acceptors (Lipinski definition) is 9. The number of aromatic nitrogens is 2. The fraction of sp³-hybridized carbons (Fsp3) is 0.706. The van der Waals surface area contributed by atoms with Gasteiger partial charge in [-0.05, 0) is 33.9 Å². The lowest BCUT2D eigenvalue weighted by Crippen LogP contribution is -2.42. The van der Waals surface area contributed by atoms with Crippen molar-refractivity contribution in [2.24, 2.45) is 0 Å². The average molecular weight is 395 g/mol. The lowest BCUT2D eigenvalue weighted by molar-refractivity contribution is -0.383. The van der Waals surface area contributed by atoms with E-state index in [0.29, 0.717) is 39.1 Å². The van der Waals surface area contributed by atoms with Crippen molar-refractivity contribution in [3.63, 3.8) is 0 Å². The van der Waals surface area contributed by atoms with Crippen molar-refractivity contribution in [1.82, 2.24) is 19.8 Å². The van der Waals surface area contributed by atoms with Crippen LogP contribution in [0.5, 0.6) is 0 Å². The molecule has 1 amide bonds. The number of likely N-dealkylation sites (N-methyl/N-ethyl adjacent to an activating group) is 2. The number of rotatable bonds is 8. The summed E-state index contributed by atoms with van der Waals surface area (Å²) in [4.78, 5) is 36.7. The highest BCUT2D eigenvalue weighted by Gasteiger charge is 2.29. The number of nitro groups is 1. The zero-order valence-corrected chi connectivity index (χ0v) is 16.9. The van der Waals surface area contributed by atoms with Gasteiger partial charge < -0.3 is 24.8 Å². The highest BCUT2D eigenvalue weighted by Crippen LogP contribution is 2.32. The molecule has 156 valence electrons. The van der Waals surface area contributed by atoms with Crippen LogP contribution in [0.1, 0.15) is 19.8 Å². The molecule has 28 heavy (non-hydrogen) atoms. The van der Waals surface area contributed by atoms with Crippen LogP contribution in [-0.4, -0.2) is 90.8 Å². The van der Waals surface area contributed by atoms with Gasteiger partial charge in [-0.25, -0.2) is 14.8 Å². The Morgan fingerprint density at radius 1 is 1.32 bits per heavy atom. The minimum atomic E-state index is -0.447. The highest BCUT2D eigenvalue weighted by molar-refractivity contribution is 5.70. The second kappa shape index (κ2) is 10.0. The number of nitrogens with one attached hydrogen (secondary N) is 1. The number of nitrogens with zero attached hydrogens (tertiary/aromatic N) is 6. The maximum Gasteiger partial charge on any atom is 0.409 e. The van der Waals surface area contributed by atoms with Gasteiger partial charge in [0.15, 0.2) is 0 Å². The third-order valence-electron chi connectivity index (χ3n) is 4.59. The van der Waals surface area contributed by atoms with E-state index in [4.69, 9.17) is 4.74 Å². The van der Waals surface area contributed by atoms with Crippen LogP contribution in [0.15, 0.2) is 6.33 Å². The number of carbonyl (C=O) groups excluding carboxylic acids is 1. The van der Waals surface area contributed by atoms with Crippen LogP contribution in [0.25, 0.3) is 0 Å². The summed E-state index contributed by atoms with van der Waals surface area (Å²) < 4.78 is 5.01. The summed E-state index contributed by atoms with van der Waals surface area (Å²) in [5.41, 5.74) is -0.128. The molecule has 0 aliphatic carbocycles. The molecule has 1 aliphatic heterocycles. The van der Waals surface area contributed by atoms with Gasteiger partial charge in [0.1, 0.15) is 6.33 Å². The van der Waals surface area contributed by atoms with Crippen LogP contribution < -0.4 is 10.2 Å². The van der Waals surface area contributed by atoms with Crippen molar-refractivity contribution in [2.75, 3.05) is 64.1 Å². The number of amides is 1. The molecule has 1 N–H and O–H groups in total. The number of piperidine rings is 1. The lowest BCUT2D eigenvalue weighted by atomic mass is 10.1. The van der Waals surface area contributed by atoms with Gasteiger partial charge in [-0.3, -0.25) is 10.1 Å². The molecule has 11 heteroatoms. The number of carbonyl (C=O) groups is 1. The number of ether oxygens (including phenoxy) is 1. The van der Waals surface area contributed by atoms with Gasteiger partial charge in [0.2, 0.25) is 11.6 Å². The maximum atomic E-state index is 11.8. The van der Waals surface area contributed by atoms with E-state index in [1.807, 2.05) is 19.0 Å². The van der Waals surface area contributed by atoms with Crippen molar-refractivity contribution in [1.29, 1.82) is 0 Å². The van der Waals surface area contributed by atoms with Crippen molar-refractivity contribution in [3.8, 4) is 0 Å². The second-order valence-corrected chi connectivity index (χ2v) is 6.98. The van der Waals surface area contributed by atoms with E-state index in [9.17, 15) is 14.9 Å². The molecule has 0 unspecified atom stereocenters. The Kier molecular flexibility index (Phi) is 7.73. The van der Waals surface area contributed by atoms with E-state index in [1.165, 1.54) is 6.33 Å². The molecule has 2 heterocycles. The number of anilines is 2. The van der Waals surface area contributed by atoms with Crippen LogP contribution in [0, 0.1) is 10.1 Å². The topological polar surface area (TPSA) is 117 Å². The molecule has 1 aromatic heterocycles. The molecule has 1 fully saturated rings. The van der Waals surface area contributed by atoms with E-state index in [1.54, 1.807) is 23.8 Å². The SMILES string of the molecule is CCOC(=O)N1CCC(Nc2ncnc(N(C)CCN(C)C)c2[N+](=O)[O-])CC1. The molecule has 0 bridgehead atoms. The summed E-state index contributed by atoms with van der Waals surface area (Å²) in [5, 5.41) is 14.9. The fourth-order valence-corrected chi connectivity index (χ4v) is 2.99. The first kappa shape index (κ1) is 21.6. The van der Waals surface area contributed by atoms with Gasteiger partial charge in [-0.2, -0.15) is 0 Å². The molecule has 1 aliphatic rings. The van der Waals surface area contributed by atoms with Crippen molar-refractivity contribution >= 4 is 23.4 Å². The first-order chi connectivity index (χ1) is 13.3. The van der Waals surface area contributed by atoms with E-state index >= 15 is 0 Å². The summed E-state index contributed by atoms with van der Waals surface area (Å²) in [7, 11) is 5.66. The summed E-state index contributed by atoms with van der Waals surface area (Å²) in [5.74, 6) is 0.495. The Bertz CT molecular complexity index is 677. The molecular weight excluding hydrogens is 366 g/mol. The molecule has 0 atom stereocenters. The smallest absolute Gasteiger partial charge is 0.409 e. The van der Waals surface area contributed by atoms with Crippen molar-refractivity contribution < 1.29 is 14.5 Å². The molecule has 11 nitrogen and oxygen atoms in total. The standard InChI is InChI=1S/C17H29N7O4/c1-5-28-17(25)23-8-6-13(7-9-23)20-15-14(24(26)27)16(19-12-18-15)22(4)11-10-21(2)3/h12-13H,5-11H2,1-4H3,(H,18,19,20). The van der Waals surface area contributed by atoms with Gasteiger partial charge in [0, 0.05) is 39.3 Å². The Morgan fingerprint density at radius 2 is 2.00 bits per heavy atom. The molecule has 1 aromatic rings. The number of hydrogen-bond donors (Lipinski definition) is 1. The Labute approximate surface area is 164 Å². The third kappa shape index (κ3) is 5.65. The monoisotopic (exact) mass is 395 g/mol. The van der Waals surface area contributed by atoms with Crippen LogP contribution in [-0.2, 0) is 4.74 Å². The summed E-state index contributed by atoms with van der Waals surface area (Å²) in [6.45, 7) is 4.52. The van der Waals surface area contributed by atoms with E-state index in [-0.39, 0.29) is 29.5 Å². The molecular formula is C17H29N7O4. The predicted octanol–water partition coefficient (Wildman–Crippen LogP) is 1.42. The minimum Gasteiger partial charge on any atom is -0.450 e. The normalized spacial score (nSPS) is 14.8. The number of likely N-dealkylation sites (tertiary alicyclic amines) is 1. The average Bonchev–Trinajstić information content (AvgIpc) is 2.66. The van der Waals surface area contributed by atoms with Crippen LogP contribution in [0.2, 0.25) is 0 Å². The summed E-state index contributed by atoms with van der Waals surface area (Å²) in [6.07, 6.45) is 2.33. The van der Waals surface area contributed by atoms with Gasteiger partial charge in [-0.15, -0.1) is 0 Å². The Hall–Kier alpha value is -2.69. The summed E-state index contributed by atoms with van der Waals surface area (Å²) >= 11 is 0. The Balaban J connectivity index is 2.08. The zero-order chi connectivity index (χ0) is 20.7. The molecule has 0 saturated carbocycles. The van der Waals surface area contributed by atoms with Gasteiger partial charge >= 0.3 is 11.8 Å². The van der Waals surface area contributed by atoms with Gasteiger partial charge in [0.25, 0.3) is 0 Å². The summed E-state index contributed by atoms with van der Waals surface area (Å²) in [6, 6.07) is -0.0146. The quantitative estimate of drug-likeness (QED) is 0.515. The van der Waals surface area contributed by atoms with Crippen LogP contribution >= 0.6 is 0 Å².